The van der Waals surface area contributed by atoms with E-state index in [1.54, 1.807) is 18.2 Å². The molecule has 0 radical (unpaired) electrons. The van der Waals surface area contributed by atoms with Crippen molar-refractivity contribution in [1.82, 2.24) is 10.2 Å². The fourth-order valence-electron chi connectivity index (χ4n) is 4.44. The third-order valence-electron chi connectivity index (χ3n) is 6.27. The van der Waals surface area contributed by atoms with Crippen molar-refractivity contribution in [2.75, 3.05) is 18.1 Å². The number of rotatable bonds is 6. The van der Waals surface area contributed by atoms with Crippen molar-refractivity contribution in [3.05, 3.63) is 101 Å². The molecular formula is C28H20FN3O5S2. The Labute approximate surface area is 230 Å². The maximum absolute atomic E-state index is 15.1. The number of hydrogen-bond acceptors (Lipinski definition) is 9. The van der Waals surface area contributed by atoms with E-state index in [-0.39, 0.29) is 21.8 Å². The lowest BCUT2D eigenvalue weighted by Gasteiger charge is -2.23. The number of nitrogens with zero attached hydrogens (tertiary/aromatic N) is 3. The van der Waals surface area contributed by atoms with E-state index in [9.17, 15) is 14.7 Å². The van der Waals surface area contributed by atoms with Gasteiger partial charge in [0.15, 0.2) is 15.8 Å². The second kappa shape index (κ2) is 10.5. The van der Waals surface area contributed by atoms with Crippen LogP contribution in [0.5, 0.6) is 11.5 Å². The van der Waals surface area contributed by atoms with E-state index in [2.05, 4.69) is 10.2 Å². The van der Waals surface area contributed by atoms with Crippen LogP contribution in [-0.4, -0.2) is 40.2 Å². The number of carbonyl (C=O) groups excluding carboxylic acids is 2. The molecule has 6 rings (SSSR count). The van der Waals surface area contributed by atoms with E-state index >= 15 is 4.39 Å². The van der Waals surface area contributed by atoms with Crippen LogP contribution in [0, 0.1) is 5.82 Å². The largest absolute Gasteiger partial charge is 0.507 e. The predicted molar refractivity (Wildman–Crippen MR) is 145 cm³/mol. The number of aliphatic hydroxyl groups is 1. The Balaban J connectivity index is 1.41. The lowest BCUT2D eigenvalue weighted by molar-refractivity contribution is -0.132. The number of ketones is 1. The highest BCUT2D eigenvalue weighted by Crippen LogP contribution is 2.45. The van der Waals surface area contributed by atoms with E-state index in [4.69, 9.17) is 9.47 Å². The van der Waals surface area contributed by atoms with Gasteiger partial charge in [-0.25, -0.2) is 4.39 Å². The molecule has 3 aromatic carbocycles. The second-order valence-corrected chi connectivity index (χ2v) is 10.9. The zero-order valence-electron chi connectivity index (χ0n) is 20.2. The fraction of sp³-hybridized carbons (Fsp3) is 0.143. The summed E-state index contributed by atoms with van der Waals surface area (Å²) in [5.74, 6) is -1.45. The molecule has 11 heteroatoms. The van der Waals surface area contributed by atoms with E-state index in [0.717, 1.165) is 21.8 Å². The fourth-order valence-corrected chi connectivity index (χ4v) is 6.27. The minimum atomic E-state index is -1.25. The van der Waals surface area contributed by atoms with Crippen LogP contribution < -0.4 is 14.4 Å². The third kappa shape index (κ3) is 4.75. The molecule has 1 fully saturated rings. The number of thioether (sulfide) groups is 1. The number of aliphatic hydroxyl groups excluding tert-OH is 1. The molecule has 2 aliphatic rings. The molecule has 1 aromatic heterocycles. The van der Waals surface area contributed by atoms with Gasteiger partial charge in [0.25, 0.3) is 5.78 Å². The van der Waals surface area contributed by atoms with Gasteiger partial charge in [0, 0.05) is 16.9 Å². The molecule has 3 heterocycles. The van der Waals surface area contributed by atoms with Crippen LogP contribution in [0.15, 0.2) is 82.7 Å². The summed E-state index contributed by atoms with van der Waals surface area (Å²) in [6, 6.07) is 19.1. The van der Waals surface area contributed by atoms with Crippen LogP contribution in [0.25, 0.3) is 5.76 Å². The van der Waals surface area contributed by atoms with Gasteiger partial charge in [-0.3, -0.25) is 14.5 Å². The quantitative estimate of drug-likeness (QED) is 0.110. The normalized spacial score (nSPS) is 18.0. The van der Waals surface area contributed by atoms with Gasteiger partial charge in [-0.1, -0.05) is 71.6 Å². The second-order valence-electron chi connectivity index (χ2n) is 8.67. The van der Waals surface area contributed by atoms with Gasteiger partial charge in [-0.2, -0.15) is 0 Å². The molecule has 0 unspecified atom stereocenters. The molecule has 1 N–H and O–H groups in total. The van der Waals surface area contributed by atoms with Gasteiger partial charge in [0.05, 0.1) is 5.57 Å². The summed E-state index contributed by atoms with van der Waals surface area (Å²) in [4.78, 5) is 27.8. The summed E-state index contributed by atoms with van der Waals surface area (Å²) in [6.45, 7) is 0.725. The number of amides is 1. The topological polar surface area (TPSA) is 102 Å². The number of ether oxygens (including phenoxy) is 2. The van der Waals surface area contributed by atoms with E-state index in [0.29, 0.717) is 34.8 Å². The first-order valence-corrected chi connectivity index (χ1v) is 13.8. The molecular weight excluding hydrogens is 541 g/mol. The highest BCUT2D eigenvalue weighted by Gasteiger charge is 2.49. The molecule has 0 bridgehead atoms. The SMILES string of the molecule is O=C1C(=O)N(c2nnc(SCc3ccccc3)s2)[C@H](c2ccccc2F)C1=C(O)c1ccc2c(c1)OCCO2. The highest BCUT2D eigenvalue weighted by atomic mass is 32.2. The number of halogens is 1. The van der Waals surface area contributed by atoms with Gasteiger partial charge in [-0.05, 0) is 29.8 Å². The van der Waals surface area contributed by atoms with Crippen molar-refractivity contribution in [3.8, 4) is 11.5 Å². The zero-order chi connectivity index (χ0) is 26.9. The Morgan fingerprint density at radius 2 is 1.74 bits per heavy atom. The van der Waals surface area contributed by atoms with Crippen LogP contribution in [0.1, 0.15) is 22.7 Å². The smallest absolute Gasteiger partial charge is 0.301 e. The van der Waals surface area contributed by atoms with Crippen LogP contribution in [-0.2, 0) is 15.3 Å². The number of anilines is 1. The molecule has 2 aliphatic heterocycles. The third-order valence-corrected chi connectivity index (χ3v) is 8.39. The summed E-state index contributed by atoms with van der Waals surface area (Å²) >= 11 is 2.55. The van der Waals surface area contributed by atoms with Crippen molar-refractivity contribution in [2.45, 2.75) is 16.1 Å². The first kappa shape index (κ1) is 25.1. The van der Waals surface area contributed by atoms with Crippen LogP contribution in [0.2, 0.25) is 0 Å². The van der Waals surface area contributed by atoms with E-state index in [1.807, 2.05) is 30.3 Å². The van der Waals surface area contributed by atoms with Gasteiger partial charge < -0.3 is 14.6 Å². The van der Waals surface area contributed by atoms with Gasteiger partial charge >= 0.3 is 5.91 Å². The Bertz CT molecular complexity index is 1610. The molecule has 0 aliphatic carbocycles. The van der Waals surface area contributed by atoms with Crippen molar-refractivity contribution >= 4 is 45.7 Å². The first-order chi connectivity index (χ1) is 19.0. The van der Waals surface area contributed by atoms with Crippen molar-refractivity contribution in [3.63, 3.8) is 0 Å². The molecule has 39 heavy (non-hydrogen) atoms. The van der Waals surface area contributed by atoms with Gasteiger partial charge in [0.1, 0.15) is 30.8 Å². The summed E-state index contributed by atoms with van der Waals surface area (Å²) in [5.41, 5.74) is 1.11. The molecule has 1 saturated heterocycles. The van der Waals surface area contributed by atoms with Crippen molar-refractivity contribution in [1.29, 1.82) is 0 Å². The summed E-state index contributed by atoms with van der Waals surface area (Å²) in [5, 5.41) is 19.8. The number of fused-ring (bicyclic) bond motifs is 1. The van der Waals surface area contributed by atoms with Crippen molar-refractivity contribution in [2.24, 2.45) is 0 Å². The molecule has 1 amide bonds. The van der Waals surface area contributed by atoms with Crippen molar-refractivity contribution < 1.29 is 28.6 Å². The number of carbonyl (C=O) groups is 2. The summed E-state index contributed by atoms with van der Waals surface area (Å²) in [6.07, 6.45) is 0. The highest BCUT2D eigenvalue weighted by molar-refractivity contribution is 8.00. The Hall–Kier alpha value is -4.22. The lowest BCUT2D eigenvalue weighted by atomic mass is 9.95. The average molecular weight is 562 g/mol. The monoisotopic (exact) mass is 561 g/mol. The molecule has 4 aromatic rings. The molecule has 8 nitrogen and oxygen atoms in total. The Kier molecular flexibility index (Phi) is 6.76. The molecule has 0 spiro atoms. The lowest BCUT2D eigenvalue weighted by Crippen LogP contribution is -2.29. The minimum absolute atomic E-state index is 0.0458. The predicted octanol–water partition coefficient (Wildman–Crippen LogP) is 5.37. The molecule has 0 saturated carbocycles. The van der Waals surface area contributed by atoms with Crippen LogP contribution >= 0.6 is 23.1 Å². The molecule has 196 valence electrons. The van der Waals surface area contributed by atoms with Gasteiger partial charge in [-0.15, -0.1) is 10.2 Å². The average Bonchev–Trinajstić information content (AvgIpc) is 3.54. The zero-order valence-corrected chi connectivity index (χ0v) is 21.9. The summed E-state index contributed by atoms with van der Waals surface area (Å²) < 4.78 is 26.9. The number of Topliss-reactive ketones (excluding diaryl/α,β-unsaturated/α-hetero) is 1. The number of aromatic nitrogens is 2. The standard InChI is InChI=1S/C28H20FN3O5S2/c29-19-9-5-4-8-18(19)23-22(24(33)17-10-11-20-21(14-17)37-13-12-36-20)25(34)26(35)32(23)27-30-31-28(39-27)38-15-16-6-2-1-3-7-16/h1-11,14,23,33H,12-13,15H2/t23-/m1/s1. The Morgan fingerprint density at radius 1 is 1.00 bits per heavy atom. The molecule has 1 atom stereocenters. The van der Waals surface area contributed by atoms with Crippen LogP contribution in [0.3, 0.4) is 0 Å². The van der Waals surface area contributed by atoms with Crippen LogP contribution in [0.4, 0.5) is 9.52 Å². The first-order valence-electron chi connectivity index (χ1n) is 12.0. The summed E-state index contributed by atoms with van der Waals surface area (Å²) in [7, 11) is 0. The van der Waals surface area contributed by atoms with Gasteiger partial charge in [0.2, 0.25) is 5.13 Å². The maximum Gasteiger partial charge on any atom is 0.301 e. The Morgan fingerprint density at radius 3 is 2.54 bits per heavy atom. The van der Waals surface area contributed by atoms with E-state index in [1.165, 1.54) is 36.0 Å². The number of benzene rings is 3. The maximum atomic E-state index is 15.1. The van der Waals surface area contributed by atoms with E-state index < -0.39 is 29.3 Å². The number of hydrogen-bond donors (Lipinski definition) is 1. The minimum Gasteiger partial charge on any atom is -0.507 e.